The first-order valence-corrected chi connectivity index (χ1v) is 11.1. The van der Waals surface area contributed by atoms with E-state index < -0.39 is 11.2 Å². The fourth-order valence-electron chi connectivity index (χ4n) is 3.10. The van der Waals surface area contributed by atoms with Crippen LogP contribution in [0.2, 0.25) is 0 Å². The van der Waals surface area contributed by atoms with Gasteiger partial charge in [0, 0.05) is 18.7 Å². The summed E-state index contributed by atoms with van der Waals surface area (Å²) in [7, 11) is 1.55. The number of hydrogen-bond acceptors (Lipinski definition) is 7. The molecule has 1 heterocycles. The van der Waals surface area contributed by atoms with Crippen molar-refractivity contribution in [2.45, 2.75) is 25.5 Å². The number of carbonyl (C=O) groups is 3. The van der Waals surface area contributed by atoms with Gasteiger partial charge in [-0.3, -0.25) is 14.5 Å². The van der Waals surface area contributed by atoms with Crippen LogP contribution in [0.4, 0.5) is 11.4 Å². The number of hydrogen-bond donors (Lipinski definition) is 1. The number of amides is 2. The van der Waals surface area contributed by atoms with Gasteiger partial charge in [0.25, 0.3) is 0 Å². The Balaban J connectivity index is 1.76. The Kier molecular flexibility index (Phi) is 7.88. The third kappa shape index (κ3) is 5.47. The number of carbonyl (C=O) groups excluding carboxylic acids is 3. The lowest BCUT2D eigenvalue weighted by atomic mass is 10.2. The van der Waals surface area contributed by atoms with Crippen molar-refractivity contribution in [1.82, 2.24) is 4.90 Å². The molecule has 1 N–H and O–H groups in total. The van der Waals surface area contributed by atoms with Crippen LogP contribution in [0.3, 0.4) is 0 Å². The quantitative estimate of drug-likeness (QED) is 0.637. The number of nitrogens with one attached hydrogen (secondary N) is 1. The zero-order chi connectivity index (χ0) is 23.1. The standard InChI is InChI=1S/C23H25N3O5S/c1-4-26-20(27)14-19(32-23(26)25-17-8-6-7-9-18(17)30-3)21(28)24-16-12-10-15(11-13-16)22(29)31-5-2/h6-13,19H,4-5,14H2,1-3H3,(H,24,28). The Labute approximate surface area is 191 Å². The van der Waals surface area contributed by atoms with Crippen molar-refractivity contribution < 1.29 is 23.9 Å². The van der Waals surface area contributed by atoms with E-state index in [2.05, 4.69) is 10.3 Å². The molecule has 3 rings (SSSR count). The average Bonchev–Trinajstić information content (AvgIpc) is 2.80. The van der Waals surface area contributed by atoms with Gasteiger partial charge in [0.05, 0.1) is 19.3 Å². The summed E-state index contributed by atoms with van der Waals surface area (Å²) in [6.45, 7) is 4.34. The fourth-order valence-corrected chi connectivity index (χ4v) is 4.26. The lowest BCUT2D eigenvalue weighted by Gasteiger charge is -2.31. The first-order chi connectivity index (χ1) is 15.5. The normalized spacial score (nSPS) is 17.2. The highest BCUT2D eigenvalue weighted by Crippen LogP contribution is 2.33. The topological polar surface area (TPSA) is 97.3 Å². The summed E-state index contributed by atoms with van der Waals surface area (Å²) in [5.74, 6) is -0.318. The molecular formula is C23H25N3O5S. The fraction of sp³-hybridized carbons (Fsp3) is 0.304. The number of rotatable bonds is 7. The largest absolute Gasteiger partial charge is 0.494 e. The molecule has 0 saturated carbocycles. The predicted molar refractivity (Wildman–Crippen MR) is 125 cm³/mol. The van der Waals surface area contributed by atoms with Crippen LogP contribution in [0.1, 0.15) is 30.6 Å². The van der Waals surface area contributed by atoms with Crippen molar-refractivity contribution in [2.75, 3.05) is 25.6 Å². The summed E-state index contributed by atoms with van der Waals surface area (Å²) in [4.78, 5) is 43.5. The number of thioether (sulfide) groups is 1. The van der Waals surface area contributed by atoms with Gasteiger partial charge in [-0.15, -0.1) is 0 Å². The van der Waals surface area contributed by atoms with E-state index in [9.17, 15) is 14.4 Å². The van der Waals surface area contributed by atoms with Crippen LogP contribution in [-0.4, -0.2) is 53.4 Å². The van der Waals surface area contributed by atoms with Crippen LogP contribution < -0.4 is 10.1 Å². The Hall–Kier alpha value is -3.33. The molecule has 168 valence electrons. The van der Waals surface area contributed by atoms with Crippen LogP contribution in [0, 0.1) is 0 Å². The molecule has 9 heteroatoms. The van der Waals surface area contributed by atoms with Crippen LogP contribution in [-0.2, 0) is 14.3 Å². The number of para-hydroxylation sites is 2. The van der Waals surface area contributed by atoms with Crippen LogP contribution in [0.25, 0.3) is 0 Å². The van der Waals surface area contributed by atoms with Gasteiger partial charge in [-0.05, 0) is 50.2 Å². The van der Waals surface area contributed by atoms with Gasteiger partial charge in [-0.25, -0.2) is 9.79 Å². The molecule has 8 nitrogen and oxygen atoms in total. The lowest BCUT2D eigenvalue weighted by Crippen LogP contribution is -2.45. The monoisotopic (exact) mass is 455 g/mol. The number of aliphatic imine (C=N–C) groups is 1. The molecule has 0 aromatic heterocycles. The zero-order valence-electron chi connectivity index (χ0n) is 18.2. The van der Waals surface area contributed by atoms with Crippen molar-refractivity contribution in [3.8, 4) is 5.75 Å². The van der Waals surface area contributed by atoms with E-state index in [4.69, 9.17) is 9.47 Å². The van der Waals surface area contributed by atoms with E-state index in [1.807, 2.05) is 19.1 Å². The molecule has 32 heavy (non-hydrogen) atoms. The minimum atomic E-state index is -0.636. The number of amidine groups is 1. The highest BCUT2D eigenvalue weighted by molar-refractivity contribution is 8.15. The summed E-state index contributed by atoms with van der Waals surface area (Å²) in [6.07, 6.45) is 0.0657. The number of benzene rings is 2. The number of nitrogens with zero attached hydrogens (tertiary/aromatic N) is 2. The van der Waals surface area contributed by atoms with E-state index in [-0.39, 0.29) is 24.8 Å². The SMILES string of the molecule is CCOC(=O)c1ccc(NC(=O)C2CC(=O)N(CC)C(=Nc3ccccc3OC)S2)cc1. The molecule has 0 spiro atoms. The average molecular weight is 456 g/mol. The van der Waals surface area contributed by atoms with Crippen molar-refractivity contribution in [3.63, 3.8) is 0 Å². The molecule has 2 aromatic rings. The summed E-state index contributed by atoms with van der Waals surface area (Å²) in [5.41, 5.74) is 1.51. The Morgan fingerprint density at radius 2 is 1.88 bits per heavy atom. The van der Waals surface area contributed by atoms with Crippen LogP contribution in [0.5, 0.6) is 5.75 Å². The molecule has 0 bridgehead atoms. The van der Waals surface area contributed by atoms with Crippen molar-refractivity contribution in [3.05, 3.63) is 54.1 Å². The van der Waals surface area contributed by atoms with E-state index in [1.165, 1.54) is 11.8 Å². The molecule has 0 radical (unpaired) electrons. The van der Waals surface area contributed by atoms with Gasteiger partial charge in [0.15, 0.2) is 5.17 Å². The Bertz CT molecular complexity index is 1020. The maximum Gasteiger partial charge on any atom is 0.338 e. The van der Waals surface area contributed by atoms with Gasteiger partial charge in [-0.1, -0.05) is 23.9 Å². The minimum Gasteiger partial charge on any atom is -0.494 e. The minimum absolute atomic E-state index is 0.0657. The summed E-state index contributed by atoms with van der Waals surface area (Å²) in [6, 6.07) is 13.7. The molecule has 1 aliphatic rings. The second kappa shape index (κ2) is 10.8. The van der Waals surface area contributed by atoms with Gasteiger partial charge < -0.3 is 14.8 Å². The third-order valence-corrected chi connectivity index (χ3v) is 5.90. The van der Waals surface area contributed by atoms with Gasteiger partial charge in [-0.2, -0.15) is 0 Å². The predicted octanol–water partition coefficient (Wildman–Crippen LogP) is 3.85. The highest BCUT2D eigenvalue weighted by Gasteiger charge is 2.35. The lowest BCUT2D eigenvalue weighted by molar-refractivity contribution is -0.129. The molecule has 1 saturated heterocycles. The first-order valence-electron chi connectivity index (χ1n) is 10.2. The van der Waals surface area contributed by atoms with Crippen molar-refractivity contribution in [1.29, 1.82) is 0 Å². The van der Waals surface area contributed by atoms with E-state index >= 15 is 0 Å². The second-order valence-corrected chi connectivity index (χ2v) is 7.97. The summed E-state index contributed by atoms with van der Waals surface area (Å²) >= 11 is 1.24. The summed E-state index contributed by atoms with van der Waals surface area (Å²) < 4.78 is 10.3. The van der Waals surface area contributed by atoms with Crippen LogP contribution >= 0.6 is 11.8 Å². The number of anilines is 1. The molecule has 1 unspecified atom stereocenters. The summed E-state index contributed by atoms with van der Waals surface area (Å²) in [5, 5.41) is 2.62. The second-order valence-electron chi connectivity index (χ2n) is 6.80. The van der Waals surface area contributed by atoms with Crippen molar-refractivity contribution >= 4 is 46.1 Å². The zero-order valence-corrected chi connectivity index (χ0v) is 19.0. The van der Waals surface area contributed by atoms with Gasteiger partial charge in [0.2, 0.25) is 11.8 Å². The van der Waals surface area contributed by atoms with E-state index in [0.717, 1.165) is 0 Å². The third-order valence-electron chi connectivity index (χ3n) is 4.71. The maximum atomic E-state index is 12.9. The van der Waals surface area contributed by atoms with Gasteiger partial charge in [0.1, 0.15) is 16.7 Å². The van der Waals surface area contributed by atoms with E-state index in [0.29, 0.717) is 34.4 Å². The van der Waals surface area contributed by atoms with Gasteiger partial charge >= 0.3 is 5.97 Å². The highest BCUT2D eigenvalue weighted by atomic mass is 32.2. The number of esters is 1. The Morgan fingerprint density at radius 3 is 2.53 bits per heavy atom. The van der Waals surface area contributed by atoms with Crippen molar-refractivity contribution in [2.24, 2.45) is 4.99 Å². The maximum absolute atomic E-state index is 12.9. The molecule has 2 aromatic carbocycles. The molecule has 0 aliphatic carbocycles. The molecule has 1 aliphatic heterocycles. The number of ether oxygens (including phenoxy) is 2. The Morgan fingerprint density at radius 1 is 1.16 bits per heavy atom. The molecule has 1 fully saturated rings. The van der Waals surface area contributed by atoms with E-state index in [1.54, 1.807) is 55.3 Å². The smallest absolute Gasteiger partial charge is 0.338 e. The first kappa shape index (κ1) is 23.3. The molecule has 2 amide bonds. The van der Waals surface area contributed by atoms with Crippen LogP contribution in [0.15, 0.2) is 53.5 Å². The molecule has 1 atom stereocenters. The number of methoxy groups -OCH3 is 1. The molecular weight excluding hydrogens is 430 g/mol.